The van der Waals surface area contributed by atoms with Crippen molar-refractivity contribution in [2.75, 3.05) is 26.3 Å². The third-order valence-corrected chi connectivity index (χ3v) is 7.97. The summed E-state index contributed by atoms with van der Waals surface area (Å²) in [6.07, 6.45) is 5.46. The Morgan fingerprint density at radius 2 is 0.783 bits per heavy atom. The fraction of sp³-hybridized carbons (Fsp3) is 0.250. The van der Waals surface area contributed by atoms with Crippen LogP contribution < -0.4 is 10.6 Å². The van der Waals surface area contributed by atoms with Crippen LogP contribution in [-0.4, -0.2) is 38.1 Å². The van der Waals surface area contributed by atoms with E-state index in [2.05, 4.69) is 72.3 Å². The minimum atomic E-state index is -1.13. The zero-order valence-corrected chi connectivity index (χ0v) is 26.4. The number of hydrogen-bond acceptors (Lipinski definition) is 4. The Bertz CT molecular complexity index is 1310. The first-order valence-electron chi connectivity index (χ1n) is 15.9. The molecule has 0 atom stereocenters. The minimum Gasteiger partial charge on any atom is -0.362 e. The molecular formula is C40H44N2O4. The molecule has 0 aliphatic rings. The molecule has 0 saturated carbocycles. The summed E-state index contributed by atoms with van der Waals surface area (Å²) in [6.45, 7) is 8.95. The lowest BCUT2D eigenvalue weighted by molar-refractivity contribution is -0.183. The number of carbonyl (C=O) groups is 2. The van der Waals surface area contributed by atoms with Gasteiger partial charge in [-0.15, -0.1) is 0 Å². The lowest BCUT2D eigenvalue weighted by Gasteiger charge is -2.51. The van der Waals surface area contributed by atoms with Gasteiger partial charge in [0.2, 0.25) is 11.8 Å². The topological polar surface area (TPSA) is 76.7 Å². The second-order valence-electron chi connectivity index (χ2n) is 10.9. The molecule has 2 N–H and O–H groups in total. The highest BCUT2D eigenvalue weighted by molar-refractivity contribution is 5.87. The second-order valence-corrected chi connectivity index (χ2v) is 10.9. The Kier molecular flexibility index (Phi) is 13.1. The van der Waals surface area contributed by atoms with E-state index in [-0.39, 0.29) is 11.8 Å². The quantitative estimate of drug-likeness (QED) is 0.0873. The number of nitrogens with one attached hydrogen (secondary N) is 2. The molecule has 46 heavy (non-hydrogen) atoms. The highest BCUT2D eigenvalue weighted by Crippen LogP contribution is 2.54. The van der Waals surface area contributed by atoms with E-state index < -0.39 is 11.2 Å². The van der Waals surface area contributed by atoms with Gasteiger partial charge in [0.1, 0.15) is 0 Å². The van der Waals surface area contributed by atoms with Crippen LogP contribution in [0.3, 0.4) is 0 Å². The van der Waals surface area contributed by atoms with Crippen molar-refractivity contribution in [3.8, 4) is 0 Å². The molecule has 4 aromatic rings. The molecule has 6 nitrogen and oxygen atoms in total. The molecular weight excluding hydrogens is 572 g/mol. The molecule has 0 saturated heterocycles. The third kappa shape index (κ3) is 8.08. The van der Waals surface area contributed by atoms with E-state index in [0.717, 1.165) is 35.1 Å². The molecule has 2 amide bonds. The average molecular weight is 617 g/mol. The first-order chi connectivity index (χ1) is 22.6. The summed E-state index contributed by atoms with van der Waals surface area (Å²) in [5, 5.41) is 5.72. The normalized spacial score (nSPS) is 11.4. The molecule has 0 aliphatic carbocycles. The third-order valence-electron chi connectivity index (χ3n) is 7.97. The minimum absolute atomic E-state index is 0.187. The van der Waals surface area contributed by atoms with E-state index in [0.29, 0.717) is 39.1 Å². The average Bonchev–Trinajstić information content (AvgIpc) is 3.12. The predicted octanol–water partition coefficient (Wildman–Crippen LogP) is 7.07. The van der Waals surface area contributed by atoms with E-state index in [1.807, 2.05) is 72.8 Å². The Hall–Kier alpha value is -4.78. The number of carbonyl (C=O) groups excluding carboxylic acids is 2. The predicted molar refractivity (Wildman–Crippen MR) is 184 cm³/mol. The van der Waals surface area contributed by atoms with E-state index in [1.54, 1.807) is 0 Å². The number of amides is 2. The van der Waals surface area contributed by atoms with Crippen molar-refractivity contribution in [1.82, 2.24) is 10.6 Å². The molecule has 0 bridgehead atoms. The van der Waals surface area contributed by atoms with Gasteiger partial charge in [-0.25, -0.2) is 0 Å². The molecule has 0 spiro atoms. The molecule has 4 aromatic carbocycles. The maximum absolute atomic E-state index is 11.7. The monoisotopic (exact) mass is 616 g/mol. The molecule has 0 unspecified atom stereocenters. The van der Waals surface area contributed by atoms with E-state index >= 15 is 0 Å². The zero-order chi connectivity index (χ0) is 32.5. The standard InChI is InChI=1S/C40H44N2O4/c1-3-37(43)41-29-17-19-31-45-39(33-21-9-5-10-22-33,34-23-11-6-12-24-34)40(35-25-13-7-14-26-35,36-27-15-8-16-28-36)46-32-20-18-30-42-38(44)4-2/h3-16,21-28H,1-2,17-20,29-32H2,(H,41,43)(H,42,44). The fourth-order valence-electron chi connectivity index (χ4n) is 5.85. The molecule has 0 aromatic heterocycles. The van der Waals surface area contributed by atoms with Crippen molar-refractivity contribution in [2.45, 2.75) is 36.9 Å². The Morgan fingerprint density at radius 3 is 1.04 bits per heavy atom. The van der Waals surface area contributed by atoms with Crippen molar-refractivity contribution >= 4 is 11.8 Å². The van der Waals surface area contributed by atoms with Crippen LogP contribution in [0, 0.1) is 0 Å². The maximum Gasteiger partial charge on any atom is 0.243 e. The van der Waals surface area contributed by atoms with Gasteiger partial charge in [-0.1, -0.05) is 134 Å². The van der Waals surface area contributed by atoms with Crippen LogP contribution in [0.2, 0.25) is 0 Å². The first kappa shape index (κ1) is 34.1. The molecule has 0 fully saturated rings. The maximum atomic E-state index is 11.7. The number of benzene rings is 4. The van der Waals surface area contributed by atoms with Gasteiger partial charge in [0.25, 0.3) is 0 Å². The van der Waals surface area contributed by atoms with Gasteiger partial charge in [0.15, 0.2) is 11.2 Å². The van der Waals surface area contributed by atoms with Crippen LogP contribution in [0.1, 0.15) is 47.9 Å². The summed E-state index contributed by atoms with van der Waals surface area (Å²) in [5.74, 6) is -0.373. The van der Waals surface area contributed by atoms with Gasteiger partial charge < -0.3 is 20.1 Å². The Labute approximate surface area is 273 Å². The van der Waals surface area contributed by atoms with Crippen LogP contribution in [0.15, 0.2) is 147 Å². The van der Waals surface area contributed by atoms with Crippen molar-refractivity contribution in [3.63, 3.8) is 0 Å². The SMILES string of the molecule is C=CC(=O)NCCCCOC(c1ccccc1)(c1ccccc1)C(OCCCCNC(=O)C=C)(c1ccccc1)c1ccccc1. The van der Waals surface area contributed by atoms with Crippen LogP contribution in [0.5, 0.6) is 0 Å². The largest absolute Gasteiger partial charge is 0.362 e. The lowest BCUT2D eigenvalue weighted by Crippen LogP contribution is -2.55. The van der Waals surface area contributed by atoms with E-state index in [9.17, 15) is 9.59 Å². The van der Waals surface area contributed by atoms with Crippen LogP contribution in [0.4, 0.5) is 0 Å². The van der Waals surface area contributed by atoms with Crippen LogP contribution >= 0.6 is 0 Å². The molecule has 0 heterocycles. The first-order valence-corrected chi connectivity index (χ1v) is 15.9. The van der Waals surface area contributed by atoms with Gasteiger partial charge >= 0.3 is 0 Å². The zero-order valence-electron chi connectivity index (χ0n) is 26.4. The Morgan fingerprint density at radius 1 is 0.500 bits per heavy atom. The van der Waals surface area contributed by atoms with Crippen LogP contribution in [-0.2, 0) is 30.3 Å². The van der Waals surface area contributed by atoms with Gasteiger partial charge in [0.05, 0.1) is 0 Å². The van der Waals surface area contributed by atoms with Crippen molar-refractivity contribution < 1.29 is 19.1 Å². The molecule has 0 aliphatic heterocycles. The van der Waals surface area contributed by atoms with Gasteiger partial charge in [-0.2, -0.15) is 0 Å². The summed E-state index contributed by atoms with van der Waals surface area (Å²) in [7, 11) is 0. The highest BCUT2D eigenvalue weighted by Gasteiger charge is 2.58. The van der Waals surface area contributed by atoms with Crippen molar-refractivity contribution in [3.05, 3.63) is 169 Å². The van der Waals surface area contributed by atoms with Crippen LogP contribution in [0.25, 0.3) is 0 Å². The van der Waals surface area contributed by atoms with Gasteiger partial charge in [-0.05, 0) is 60.1 Å². The van der Waals surface area contributed by atoms with E-state index in [1.165, 1.54) is 12.2 Å². The molecule has 238 valence electrons. The smallest absolute Gasteiger partial charge is 0.243 e. The number of rotatable bonds is 19. The summed E-state index contributed by atoms with van der Waals surface area (Å²) in [5.41, 5.74) is 1.55. The molecule has 4 rings (SSSR count). The van der Waals surface area contributed by atoms with Crippen molar-refractivity contribution in [2.24, 2.45) is 0 Å². The summed E-state index contributed by atoms with van der Waals surface area (Å²) in [4.78, 5) is 23.5. The summed E-state index contributed by atoms with van der Waals surface area (Å²) in [6, 6.07) is 41.1. The highest BCUT2D eigenvalue weighted by atomic mass is 16.6. The van der Waals surface area contributed by atoms with Crippen molar-refractivity contribution in [1.29, 1.82) is 0 Å². The molecule has 0 radical (unpaired) electrons. The second kappa shape index (κ2) is 17.6. The summed E-state index contributed by atoms with van der Waals surface area (Å²) < 4.78 is 14.6. The van der Waals surface area contributed by atoms with Gasteiger partial charge in [0, 0.05) is 26.3 Å². The Balaban J connectivity index is 1.87. The van der Waals surface area contributed by atoms with Gasteiger partial charge in [-0.3, -0.25) is 9.59 Å². The number of hydrogen-bond donors (Lipinski definition) is 2. The fourth-order valence-corrected chi connectivity index (χ4v) is 5.85. The number of ether oxygens (including phenoxy) is 2. The van der Waals surface area contributed by atoms with E-state index in [4.69, 9.17) is 9.47 Å². The lowest BCUT2D eigenvalue weighted by atomic mass is 9.65. The number of unbranched alkanes of at least 4 members (excludes halogenated alkanes) is 2. The summed E-state index contributed by atoms with van der Waals surface area (Å²) >= 11 is 0. The molecule has 6 heteroatoms.